The van der Waals surface area contributed by atoms with E-state index >= 15 is 0 Å². The van der Waals surface area contributed by atoms with E-state index in [0.717, 1.165) is 0 Å². The smallest absolute Gasteiger partial charge is 0.340 e. The first-order chi connectivity index (χ1) is 15.2. The Morgan fingerprint density at radius 2 is 1.62 bits per heavy atom. The van der Waals surface area contributed by atoms with Crippen LogP contribution in [0, 0.1) is 14.3 Å². The molecule has 6 nitrogen and oxygen atoms in total. The summed E-state index contributed by atoms with van der Waals surface area (Å²) in [6, 6.07) is 8.77. The third-order valence-electron chi connectivity index (χ3n) is 5.30. The number of phenols is 2. The molecule has 0 aliphatic carbocycles. The molecule has 5 rings (SSSR count). The number of hydrogen-bond acceptors (Lipinski definition) is 7. The molecule has 11 heteroatoms. The van der Waals surface area contributed by atoms with Gasteiger partial charge in [0.05, 0.1) is 29.0 Å². The second-order valence-electron chi connectivity index (χ2n) is 6.85. The van der Waals surface area contributed by atoms with Crippen LogP contribution in [0.4, 0.5) is 5.69 Å². The van der Waals surface area contributed by atoms with Crippen LogP contribution in [-0.4, -0.2) is 21.3 Å². The number of thiocarbonyl (C=S) groups is 1. The van der Waals surface area contributed by atoms with Gasteiger partial charge >= 0.3 is 5.97 Å². The first kappa shape index (κ1) is 23.0. The van der Waals surface area contributed by atoms with Crippen LogP contribution in [-0.2, 0) is 10.3 Å². The normalized spacial score (nSPS) is 17.7. The van der Waals surface area contributed by atoms with Crippen molar-refractivity contribution < 1.29 is 24.5 Å². The average molecular weight is 893 g/mol. The molecule has 0 saturated carbocycles. The molecule has 2 N–H and O–H groups in total. The summed E-state index contributed by atoms with van der Waals surface area (Å²) >= 11 is 12.9. The molecular formula is C21H7I4NO5S. The average Bonchev–Trinajstić information content (AvgIpc) is 3.08. The minimum absolute atomic E-state index is 0.0757. The first-order valence-electron chi connectivity index (χ1n) is 8.78. The second-order valence-corrected chi connectivity index (χ2v) is 11.3. The Kier molecular flexibility index (Phi) is 5.88. The lowest BCUT2D eigenvalue weighted by Gasteiger charge is -2.38. The number of aliphatic imine (C=N–C) groups is 1. The number of phenolic OH excluding ortho intramolecular Hbond substituents is 2. The van der Waals surface area contributed by atoms with E-state index in [-0.39, 0.29) is 17.2 Å². The van der Waals surface area contributed by atoms with Crippen molar-refractivity contribution >= 4 is 119 Å². The van der Waals surface area contributed by atoms with Crippen molar-refractivity contribution in [1.29, 1.82) is 0 Å². The highest BCUT2D eigenvalue weighted by Gasteiger charge is 2.56. The lowest BCUT2D eigenvalue weighted by Crippen LogP contribution is -2.35. The van der Waals surface area contributed by atoms with Crippen molar-refractivity contribution in [2.45, 2.75) is 5.60 Å². The van der Waals surface area contributed by atoms with E-state index in [1.807, 2.05) is 57.3 Å². The number of benzene rings is 3. The van der Waals surface area contributed by atoms with E-state index in [2.05, 4.69) is 55.3 Å². The summed E-state index contributed by atoms with van der Waals surface area (Å²) in [6.45, 7) is 0. The van der Waals surface area contributed by atoms with Crippen LogP contribution in [0.2, 0.25) is 0 Å². The number of carbonyl (C=O) groups is 1. The standard InChI is InChI=1S/C21H7I4NO5S/c22-12-11-19(15(25)17(28)13(12)23)30-18-9(5-10(26-6-32)16(27)14(18)24)21(11)8-4-2-1-3-7(8)20(29)31-21/h1-5,27-28H. The van der Waals surface area contributed by atoms with Crippen molar-refractivity contribution in [3.63, 3.8) is 0 Å². The summed E-state index contributed by atoms with van der Waals surface area (Å²) in [6.07, 6.45) is 0. The van der Waals surface area contributed by atoms with Crippen LogP contribution >= 0.6 is 103 Å². The summed E-state index contributed by atoms with van der Waals surface area (Å²) in [5.41, 5.74) is 1.01. The monoisotopic (exact) mass is 893 g/mol. The van der Waals surface area contributed by atoms with Crippen molar-refractivity contribution in [3.05, 3.63) is 66.9 Å². The summed E-state index contributed by atoms with van der Waals surface area (Å²) in [5, 5.41) is 23.7. The van der Waals surface area contributed by atoms with Gasteiger partial charge in [-0.3, -0.25) is 0 Å². The molecule has 2 aliphatic heterocycles. The highest BCUT2D eigenvalue weighted by Crippen LogP contribution is 2.62. The minimum Gasteiger partial charge on any atom is -0.506 e. The Labute approximate surface area is 241 Å². The van der Waals surface area contributed by atoms with E-state index in [1.165, 1.54) is 0 Å². The fourth-order valence-electron chi connectivity index (χ4n) is 3.98. The van der Waals surface area contributed by atoms with Crippen LogP contribution in [0.3, 0.4) is 0 Å². The van der Waals surface area contributed by atoms with Gasteiger partial charge in [0.2, 0.25) is 0 Å². The Bertz CT molecular complexity index is 1440. The topological polar surface area (TPSA) is 88.4 Å². The molecule has 0 radical (unpaired) electrons. The molecule has 3 aromatic rings. The zero-order valence-corrected chi connectivity index (χ0v) is 24.8. The zero-order valence-electron chi connectivity index (χ0n) is 15.4. The Hall–Kier alpha value is -0.750. The number of fused-ring (bicyclic) bond motifs is 6. The van der Waals surface area contributed by atoms with Crippen molar-refractivity contribution in [2.24, 2.45) is 4.99 Å². The van der Waals surface area contributed by atoms with E-state index in [4.69, 9.17) is 21.7 Å². The van der Waals surface area contributed by atoms with Gasteiger partial charge in [-0.25, -0.2) is 4.79 Å². The molecule has 0 aromatic heterocycles. The minimum atomic E-state index is -1.36. The fraction of sp³-hybridized carbons (Fsp3) is 0.0476. The number of carbonyl (C=O) groups excluding carboxylic acids is 1. The van der Waals surface area contributed by atoms with Gasteiger partial charge in [0.1, 0.15) is 15.0 Å². The maximum Gasteiger partial charge on any atom is 0.340 e. The quantitative estimate of drug-likeness (QED) is 0.0918. The van der Waals surface area contributed by atoms with Gasteiger partial charge in [0.15, 0.2) is 22.8 Å². The number of aromatic hydroxyl groups is 2. The van der Waals surface area contributed by atoms with Crippen molar-refractivity contribution in [2.75, 3.05) is 0 Å². The zero-order chi connectivity index (χ0) is 22.9. The summed E-state index contributed by atoms with van der Waals surface area (Å²) in [5.74, 6) is 0.159. The highest BCUT2D eigenvalue weighted by molar-refractivity contribution is 14.1. The molecule has 0 saturated heterocycles. The first-order valence-corrected chi connectivity index (χ1v) is 13.5. The molecule has 1 unspecified atom stereocenters. The van der Waals surface area contributed by atoms with Crippen LogP contribution in [0.5, 0.6) is 23.0 Å². The lowest BCUT2D eigenvalue weighted by molar-refractivity contribution is 0.0220. The molecule has 0 amide bonds. The maximum absolute atomic E-state index is 13.0. The molecule has 32 heavy (non-hydrogen) atoms. The van der Waals surface area contributed by atoms with Crippen molar-refractivity contribution in [1.82, 2.24) is 0 Å². The lowest BCUT2D eigenvalue weighted by atomic mass is 9.77. The van der Waals surface area contributed by atoms with Gasteiger partial charge in [-0.15, -0.1) is 0 Å². The van der Waals surface area contributed by atoms with Gasteiger partial charge in [-0.2, -0.15) is 4.99 Å². The van der Waals surface area contributed by atoms with Crippen LogP contribution < -0.4 is 4.74 Å². The van der Waals surface area contributed by atoms with Crippen LogP contribution in [0.15, 0.2) is 35.3 Å². The number of hydrogen-bond donors (Lipinski definition) is 2. The maximum atomic E-state index is 13.0. The molecule has 3 aromatic carbocycles. The van der Waals surface area contributed by atoms with E-state index in [0.29, 0.717) is 48.0 Å². The number of rotatable bonds is 1. The van der Waals surface area contributed by atoms with E-state index in [1.54, 1.807) is 18.2 Å². The predicted molar refractivity (Wildman–Crippen MR) is 154 cm³/mol. The fourth-order valence-corrected chi connectivity index (χ4v) is 7.34. The molecule has 0 bridgehead atoms. The second kappa shape index (κ2) is 8.18. The van der Waals surface area contributed by atoms with Crippen LogP contribution in [0.25, 0.3) is 0 Å². The van der Waals surface area contributed by atoms with Gasteiger partial charge in [0.25, 0.3) is 0 Å². The predicted octanol–water partition coefficient (Wildman–Crippen LogP) is 6.82. The van der Waals surface area contributed by atoms with Crippen LogP contribution in [0.1, 0.15) is 27.0 Å². The molecule has 1 spiro atoms. The Morgan fingerprint density at radius 1 is 0.938 bits per heavy atom. The largest absolute Gasteiger partial charge is 0.506 e. The number of halogens is 4. The highest BCUT2D eigenvalue weighted by atomic mass is 127. The van der Waals surface area contributed by atoms with E-state index in [9.17, 15) is 15.0 Å². The Morgan fingerprint density at radius 3 is 2.34 bits per heavy atom. The number of nitrogens with zero attached hydrogens (tertiary/aromatic N) is 1. The SMILES string of the molecule is O=C1OC2(c3ccccc31)c1cc(N=C=S)c(O)c(I)c1Oc1c(I)c(O)c(I)c(I)c12. The van der Waals surface area contributed by atoms with E-state index < -0.39 is 11.6 Å². The third kappa shape index (κ3) is 3.00. The summed E-state index contributed by atoms with van der Waals surface area (Å²) in [7, 11) is 0. The molecule has 2 aliphatic rings. The molecule has 2 heterocycles. The molecule has 0 fully saturated rings. The van der Waals surface area contributed by atoms with Gasteiger partial charge in [-0.05, 0) is 115 Å². The number of ether oxygens (including phenoxy) is 2. The van der Waals surface area contributed by atoms with Gasteiger partial charge < -0.3 is 19.7 Å². The summed E-state index contributed by atoms with van der Waals surface area (Å²) in [4.78, 5) is 17.0. The molecule has 160 valence electrons. The molecule has 1 atom stereocenters. The number of isothiocyanates is 1. The third-order valence-corrected chi connectivity index (χ3v) is 10.6. The number of esters is 1. The summed E-state index contributed by atoms with van der Waals surface area (Å²) < 4.78 is 14.6. The van der Waals surface area contributed by atoms with Crippen molar-refractivity contribution in [3.8, 4) is 23.0 Å². The van der Waals surface area contributed by atoms with Gasteiger partial charge in [0, 0.05) is 9.13 Å². The Balaban J connectivity index is 2.02. The molecular weight excluding hydrogens is 886 g/mol. The van der Waals surface area contributed by atoms with Gasteiger partial charge in [-0.1, -0.05) is 18.2 Å².